The standard InChI is InChI=1S/C18H15P.C10H12ClNO2.C9H11ClN4.C9H13ClN2.C9H12ClNO.C8H8ClNO2.C7H6ClNO2.CH4.Al.Li.4H/c1-4-10-16(11-5-1)19(17-12-6-2-7-13-17)18-14-8-3-9-15-18;1-12(2)8-6-4-5-7(9(8)11)10(13)14-3;1-14(2)8-5-3-4-7(9(8)10)6-12-13-11;1-12(2)8-5-3-4-7(6-11)9(8)10;1-11(2)8-5-3-4-7(6-12)9(8)10;1-12-8(11)5-3-2-4-6(10)7(5)9;8-6-4(7(10)11)2-1-3-5(6)9;;;;;;;/h1-15H;4-6H,1-3H3;3-5H,6H2,1-2H3;3-5H,6,11H2,1-2H3;3-5,12H,6H2,1-2H3;2-4H,10H2,1H3;1-3H,9H2,(H,10,11);1H4;;;;;;/q;;;;;;;;;+1;;;;-1. The number of carbonyl (C=O) groups excluding carboxylic acids is 2. The maximum Gasteiger partial charge on any atom is 1.00 e. The summed E-state index contributed by atoms with van der Waals surface area (Å²) in [6.07, 6.45) is 0. The third kappa shape index (κ3) is 28.6. The van der Waals surface area contributed by atoms with Gasteiger partial charge in [-0.15, -0.1) is 0 Å². The number of nitrogens with zero attached hydrogens (tertiary/aromatic N) is 7. The summed E-state index contributed by atoms with van der Waals surface area (Å²) < 4.78 is 9.10. The first-order valence-electron chi connectivity index (χ1n) is 28.4. The molecule has 0 bridgehead atoms. The number of carbonyl (C=O) groups is 3. The molecule has 0 unspecified atom stereocenters. The topological polar surface area (TPSA) is 250 Å². The van der Waals surface area contributed by atoms with Crippen LogP contribution in [0.25, 0.3) is 10.4 Å². The number of ether oxygens (including phenoxy) is 2. The second-order valence-corrected chi connectivity index (χ2v) is 24.8. The van der Waals surface area contributed by atoms with E-state index in [1.54, 1.807) is 42.5 Å². The molecule has 0 fully saturated rings. The van der Waals surface area contributed by atoms with Crippen LogP contribution in [0.15, 0.2) is 205 Å². The molecule has 0 aromatic heterocycles. The van der Waals surface area contributed by atoms with Crippen molar-refractivity contribution in [1.29, 1.82) is 0 Å². The molecule has 0 aliphatic rings. The number of aliphatic hydroxyl groups excluding tert-OH is 1. The van der Waals surface area contributed by atoms with Crippen molar-refractivity contribution in [3.8, 4) is 0 Å². The zero-order chi connectivity index (χ0) is 70.0. The number of aromatic carboxylic acids is 1. The van der Waals surface area contributed by atoms with E-state index >= 15 is 0 Å². The van der Waals surface area contributed by atoms with Gasteiger partial charge in [-0.2, -0.15) is 0 Å². The first-order chi connectivity index (χ1) is 44.8. The third-order valence-corrected chi connectivity index (χ3v) is 17.9. The van der Waals surface area contributed by atoms with Crippen LogP contribution < -0.4 is 71.6 Å². The van der Waals surface area contributed by atoms with Gasteiger partial charge < -0.3 is 57.9 Å². The number of hydrogen-bond acceptors (Lipinski definition) is 14. The molecule has 17 nitrogen and oxygen atoms in total. The van der Waals surface area contributed by atoms with Crippen LogP contribution in [0.4, 0.5) is 34.1 Å². The molecule has 0 spiro atoms. The maximum absolute atomic E-state index is 11.3. The molecule has 0 saturated heterocycles. The number of azide groups is 1. The van der Waals surface area contributed by atoms with E-state index in [2.05, 4.69) is 110 Å². The number of benzene rings is 9. The second-order valence-electron chi connectivity index (χ2n) is 20.3. The van der Waals surface area contributed by atoms with E-state index in [0.717, 1.165) is 44.5 Å². The summed E-state index contributed by atoms with van der Waals surface area (Å²) >= 11 is 35.6. The van der Waals surface area contributed by atoms with Gasteiger partial charge >= 0.3 is 36.8 Å². The summed E-state index contributed by atoms with van der Waals surface area (Å²) in [4.78, 5) is 43.1. The molecule has 0 aliphatic heterocycles. The van der Waals surface area contributed by atoms with Gasteiger partial charge in [-0.1, -0.05) is 228 Å². The Kier molecular flexibility index (Phi) is 44.1. The predicted molar refractivity (Wildman–Crippen MR) is 414 cm³/mol. The number of carboxylic acid groups (broad SMARTS) is 1. The van der Waals surface area contributed by atoms with Crippen molar-refractivity contribution in [3.63, 3.8) is 0 Å². The zero-order valence-corrected chi connectivity index (χ0v) is 60.1. The van der Waals surface area contributed by atoms with Gasteiger partial charge in [0, 0.05) is 67.8 Å². The van der Waals surface area contributed by atoms with Crippen molar-refractivity contribution in [1.82, 2.24) is 0 Å². The van der Waals surface area contributed by atoms with Crippen LogP contribution in [0.1, 0.15) is 56.6 Å². The molecule has 0 saturated carbocycles. The number of aliphatic hydroxyl groups is 1. The van der Waals surface area contributed by atoms with E-state index in [9.17, 15) is 14.4 Å². The van der Waals surface area contributed by atoms with E-state index in [1.807, 2.05) is 137 Å². The van der Waals surface area contributed by atoms with E-state index < -0.39 is 25.8 Å². The quantitative estimate of drug-likeness (QED) is 0.0129. The molecule has 9 rings (SSSR count). The third-order valence-electron chi connectivity index (χ3n) is 12.9. The number of rotatable bonds is 14. The minimum absolute atomic E-state index is 0. The van der Waals surface area contributed by atoms with Crippen LogP contribution in [0.2, 0.25) is 30.1 Å². The van der Waals surface area contributed by atoms with Crippen LogP contribution >= 0.6 is 77.5 Å². The Morgan fingerprint density at radius 1 is 0.474 bits per heavy atom. The summed E-state index contributed by atoms with van der Waals surface area (Å²) in [6.45, 7) is 0.762. The number of methoxy groups -OCH3 is 2. The Morgan fingerprint density at radius 2 is 0.773 bits per heavy atom. The Bertz CT molecular complexity index is 3770. The molecule has 512 valence electrons. The van der Waals surface area contributed by atoms with E-state index in [4.69, 9.17) is 103 Å². The van der Waals surface area contributed by atoms with Crippen LogP contribution in [0, 0.1) is 0 Å². The number of nitrogens with two attached hydrogens (primary N) is 3. The summed E-state index contributed by atoms with van der Waals surface area (Å²) in [5, 5.41) is 27.9. The first-order valence-corrected chi connectivity index (χ1v) is 32.0. The van der Waals surface area contributed by atoms with Gasteiger partial charge in [0.25, 0.3) is 0 Å². The fourth-order valence-electron chi connectivity index (χ4n) is 8.09. The van der Waals surface area contributed by atoms with Gasteiger partial charge in [-0.3, -0.25) is 0 Å². The average Bonchev–Trinajstić information content (AvgIpc) is 0.850. The number of nitrogen functional groups attached to an aromatic ring is 2. The van der Waals surface area contributed by atoms with Gasteiger partial charge in [0.2, 0.25) is 0 Å². The Hall–Kier alpha value is -7.28. The monoisotopic (exact) mass is 1460 g/mol. The molecule has 97 heavy (non-hydrogen) atoms. The summed E-state index contributed by atoms with van der Waals surface area (Å²) in [7, 11) is 17.5. The molecule has 0 heterocycles. The molecule has 9 aromatic carbocycles. The summed E-state index contributed by atoms with van der Waals surface area (Å²) in [5.41, 5.74) is 32.2. The fraction of sp³-hybridized carbons (Fsp3) is 0.197. The van der Waals surface area contributed by atoms with Gasteiger partial charge in [-0.05, 0) is 101 Å². The van der Waals surface area contributed by atoms with Gasteiger partial charge in [0.15, 0.2) is 17.4 Å². The van der Waals surface area contributed by atoms with Crippen molar-refractivity contribution < 1.29 is 54.4 Å². The first kappa shape index (κ1) is 89.7. The predicted octanol–water partition coefficient (Wildman–Crippen LogP) is 12.5. The number of carboxylic acids is 1. The normalized spacial score (nSPS) is 9.56. The van der Waals surface area contributed by atoms with Gasteiger partial charge in [-0.25, -0.2) is 14.4 Å². The number of esters is 2. The number of hydrogen-bond donors (Lipinski definition) is 5. The molecule has 0 atom stereocenters. The number of anilines is 6. The molecule has 9 aromatic rings. The smallest absolute Gasteiger partial charge is 1.00 e. The molecule has 0 radical (unpaired) electrons. The maximum atomic E-state index is 11.3. The van der Waals surface area contributed by atoms with Crippen LogP contribution in [0.5, 0.6) is 0 Å². The van der Waals surface area contributed by atoms with E-state index in [-0.39, 0.29) is 79.5 Å². The molecule has 8 N–H and O–H groups in total. The number of halogens is 6. The minimum Gasteiger partial charge on any atom is -1.00 e. The largest absolute Gasteiger partial charge is 1.00 e. The molecular weight excluding hydrogens is 1380 g/mol. The van der Waals surface area contributed by atoms with Gasteiger partial charge in [0.05, 0.1) is 108 Å². The van der Waals surface area contributed by atoms with Crippen molar-refractivity contribution in [3.05, 3.63) is 274 Å². The van der Waals surface area contributed by atoms with E-state index in [0.29, 0.717) is 38.4 Å². The van der Waals surface area contributed by atoms with E-state index in [1.165, 1.54) is 36.2 Å². The average molecular weight is 1470 g/mol. The zero-order valence-electron chi connectivity index (χ0n) is 55.7. The van der Waals surface area contributed by atoms with Crippen molar-refractivity contribution >= 4 is 163 Å². The molecule has 0 amide bonds. The van der Waals surface area contributed by atoms with Crippen molar-refractivity contribution in [2.75, 3.05) is 102 Å². The molecular formula is C71H85AlCl6LiN10O7P. The van der Waals surface area contributed by atoms with Crippen LogP contribution in [-0.2, 0) is 29.2 Å². The van der Waals surface area contributed by atoms with Crippen molar-refractivity contribution in [2.24, 2.45) is 10.8 Å². The molecule has 26 heteroatoms. The summed E-state index contributed by atoms with van der Waals surface area (Å²) in [5.74, 6) is -1.96. The van der Waals surface area contributed by atoms with Crippen molar-refractivity contribution in [2.45, 2.75) is 27.1 Å². The van der Waals surface area contributed by atoms with Crippen LogP contribution in [-0.4, -0.2) is 116 Å². The summed E-state index contributed by atoms with van der Waals surface area (Å²) in [6, 6.07) is 64.1. The van der Waals surface area contributed by atoms with Gasteiger partial charge in [0.1, 0.15) is 0 Å². The Morgan fingerprint density at radius 3 is 1.10 bits per heavy atom. The second kappa shape index (κ2) is 47.6. The Labute approximate surface area is 626 Å². The minimum atomic E-state index is -1.07. The molecule has 0 aliphatic carbocycles. The van der Waals surface area contributed by atoms with Crippen LogP contribution in [0.3, 0.4) is 0 Å². The SMILES string of the molecule is C.CN(C)c1cccc(CN)c1Cl.CN(C)c1cccc(CN=[N+]=[N-])c1Cl.CN(C)c1cccc(CO)c1Cl.COC(=O)c1cccc(N(C)C)c1Cl.COC(=O)c1cccc(N)c1Cl.Nc1cccc(C(=O)O)c1Cl.[AlH3].[H-].[Li+].c1ccc(P(c2ccccc2)c2ccccc2)cc1. The fourth-order valence-corrected chi connectivity index (χ4v) is 12.3. The Balaban J connectivity index is 0.